The zero-order valence-electron chi connectivity index (χ0n) is 7.37. The van der Waals surface area contributed by atoms with Crippen molar-refractivity contribution in [2.45, 2.75) is 0 Å². The van der Waals surface area contributed by atoms with Crippen LogP contribution >= 0.6 is 0 Å². The van der Waals surface area contributed by atoms with E-state index in [4.69, 9.17) is 0 Å². The van der Waals surface area contributed by atoms with E-state index < -0.39 is 10.2 Å². The van der Waals surface area contributed by atoms with E-state index in [1.165, 1.54) is 11.4 Å². The molecule has 0 saturated carbocycles. The van der Waals surface area contributed by atoms with E-state index >= 15 is 0 Å². The molecule has 2 N–H and O–H groups in total. The van der Waals surface area contributed by atoms with Crippen molar-refractivity contribution in [3.63, 3.8) is 0 Å². The average molecular weight is 193 g/mol. The topological polar surface area (TPSA) is 61.4 Å². The van der Waals surface area contributed by atoms with Gasteiger partial charge in [0.1, 0.15) is 0 Å². The monoisotopic (exact) mass is 193 g/mol. The van der Waals surface area contributed by atoms with Gasteiger partial charge in [0.25, 0.3) is 10.2 Å². The Morgan fingerprint density at radius 3 is 2.50 bits per heavy atom. The summed E-state index contributed by atoms with van der Waals surface area (Å²) >= 11 is 0. The van der Waals surface area contributed by atoms with Crippen LogP contribution in [0.25, 0.3) is 0 Å². The molecular weight excluding hydrogens is 178 g/mol. The number of rotatable bonds is 4. The molecule has 1 fully saturated rings. The fourth-order valence-electron chi connectivity index (χ4n) is 1.10. The lowest BCUT2D eigenvalue weighted by Gasteiger charge is -2.30. The molecule has 72 valence electrons. The molecule has 0 aromatic carbocycles. The third-order valence-corrected chi connectivity index (χ3v) is 3.54. The number of nitrogens with one attached hydrogen (secondary N) is 2. The maximum Gasteiger partial charge on any atom is 0.278 e. The summed E-state index contributed by atoms with van der Waals surface area (Å²) in [5, 5.41) is 3.09. The van der Waals surface area contributed by atoms with Crippen LogP contribution < -0.4 is 10.0 Å². The molecular formula is C6H15N3O2S. The van der Waals surface area contributed by atoms with E-state index in [0.717, 1.165) is 13.1 Å². The first-order valence-electron chi connectivity index (χ1n) is 3.92. The first-order valence-corrected chi connectivity index (χ1v) is 5.36. The standard InChI is InChI=1S/C6H15N3O2S/c1-7-12(10,11)9(2)5-6-3-8-4-6/h6-8H,3-5H2,1-2H3. The summed E-state index contributed by atoms with van der Waals surface area (Å²) in [4.78, 5) is 0. The molecule has 0 aromatic rings. The van der Waals surface area contributed by atoms with Crippen LogP contribution in [0.1, 0.15) is 0 Å². The van der Waals surface area contributed by atoms with Crippen molar-refractivity contribution >= 4 is 10.2 Å². The lowest BCUT2D eigenvalue weighted by molar-refractivity contribution is 0.287. The van der Waals surface area contributed by atoms with Gasteiger partial charge in [0.15, 0.2) is 0 Å². The van der Waals surface area contributed by atoms with Crippen LogP contribution in [0.4, 0.5) is 0 Å². The molecule has 1 aliphatic rings. The van der Waals surface area contributed by atoms with E-state index in [1.807, 2.05) is 0 Å². The molecule has 0 aromatic heterocycles. The molecule has 1 rings (SSSR count). The normalized spacial score (nSPS) is 19.6. The van der Waals surface area contributed by atoms with Gasteiger partial charge >= 0.3 is 0 Å². The van der Waals surface area contributed by atoms with Crippen molar-refractivity contribution in [2.24, 2.45) is 5.92 Å². The molecule has 0 radical (unpaired) electrons. The molecule has 1 aliphatic heterocycles. The molecule has 0 bridgehead atoms. The zero-order chi connectivity index (χ0) is 9.19. The van der Waals surface area contributed by atoms with Crippen molar-refractivity contribution in [3.05, 3.63) is 0 Å². The van der Waals surface area contributed by atoms with E-state index in [-0.39, 0.29) is 0 Å². The van der Waals surface area contributed by atoms with Crippen LogP contribution in [0.3, 0.4) is 0 Å². The minimum Gasteiger partial charge on any atom is -0.316 e. The van der Waals surface area contributed by atoms with Gasteiger partial charge in [0.05, 0.1) is 0 Å². The Bertz CT molecular complexity index is 235. The van der Waals surface area contributed by atoms with Gasteiger partial charge in [0.2, 0.25) is 0 Å². The fourth-order valence-corrected chi connectivity index (χ4v) is 1.81. The first kappa shape index (κ1) is 9.91. The molecule has 0 atom stereocenters. The van der Waals surface area contributed by atoms with Gasteiger partial charge in [-0.15, -0.1) is 0 Å². The third-order valence-electron chi connectivity index (χ3n) is 2.05. The lowest BCUT2D eigenvalue weighted by Crippen LogP contribution is -2.50. The van der Waals surface area contributed by atoms with E-state index in [2.05, 4.69) is 10.0 Å². The molecule has 12 heavy (non-hydrogen) atoms. The van der Waals surface area contributed by atoms with E-state index in [9.17, 15) is 8.42 Å². The minimum atomic E-state index is -3.21. The molecule has 1 saturated heterocycles. The quantitative estimate of drug-likeness (QED) is 0.577. The second-order valence-electron chi connectivity index (χ2n) is 3.01. The third kappa shape index (κ3) is 2.16. The van der Waals surface area contributed by atoms with Crippen molar-refractivity contribution in [1.29, 1.82) is 0 Å². The largest absolute Gasteiger partial charge is 0.316 e. The Kier molecular flexibility index (Phi) is 3.05. The van der Waals surface area contributed by atoms with E-state index in [1.54, 1.807) is 7.05 Å². The molecule has 0 spiro atoms. The molecule has 5 nitrogen and oxygen atoms in total. The predicted molar refractivity (Wildman–Crippen MR) is 47.0 cm³/mol. The van der Waals surface area contributed by atoms with Gasteiger partial charge in [-0.05, 0) is 5.92 Å². The van der Waals surface area contributed by atoms with Crippen LogP contribution in [-0.4, -0.2) is 46.5 Å². The summed E-state index contributed by atoms with van der Waals surface area (Å²) < 4.78 is 26.0. The van der Waals surface area contributed by atoms with Gasteiger partial charge in [-0.1, -0.05) is 0 Å². The van der Waals surface area contributed by atoms with Crippen LogP contribution in [0.15, 0.2) is 0 Å². The minimum absolute atomic E-state index is 0.470. The summed E-state index contributed by atoms with van der Waals surface area (Å²) in [6, 6.07) is 0. The highest BCUT2D eigenvalue weighted by atomic mass is 32.2. The zero-order valence-corrected chi connectivity index (χ0v) is 8.19. The Balaban J connectivity index is 2.41. The van der Waals surface area contributed by atoms with Gasteiger partial charge < -0.3 is 5.32 Å². The maximum absolute atomic E-state index is 11.2. The summed E-state index contributed by atoms with van der Waals surface area (Å²) in [6.07, 6.45) is 0. The molecule has 6 heteroatoms. The first-order chi connectivity index (χ1) is 5.56. The van der Waals surface area contributed by atoms with E-state index in [0.29, 0.717) is 12.5 Å². The van der Waals surface area contributed by atoms with Crippen LogP contribution in [0.5, 0.6) is 0 Å². The Hall–Kier alpha value is -0.170. The summed E-state index contributed by atoms with van der Waals surface area (Å²) in [7, 11) is -0.205. The van der Waals surface area contributed by atoms with Crippen molar-refractivity contribution in [2.75, 3.05) is 33.7 Å². The van der Waals surface area contributed by atoms with Crippen LogP contribution in [-0.2, 0) is 10.2 Å². The second-order valence-corrected chi connectivity index (χ2v) is 5.00. The lowest BCUT2D eigenvalue weighted by atomic mass is 10.0. The maximum atomic E-state index is 11.2. The number of nitrogens with zero attached hydrogens (tertiary/aromatic N) is 1. The van der Waals surface area contributed by atoms with Crippen LogP contribution in [0.2, 0.25) is 0 Å². The van der Waals surface area contributed by atoms with Gasteiger partial charge in [0, 0.05) is 33.7 Å². The smallest absolute Gasteiger partial charge is 0.278 e. The molecule has 0 amide bonds. The predicted octanol–water partition coefficient (Wildman–Crippen LogP) is -1.40. The number of hydrogen-bond acceptors (Lipinski definition) is 3. The molecule has 0 aliphatic carbocycles. The highest BCUT2D eigenvalue weighted by molar-refractivity contribution is 7.87. The van der Waals surface area contributed by atoms with Crippen molar-refractivity contribution in [3.8, 4) is 0 Å². The summed E-state index contributed by atoms with van der Waals surface area (Å²) in [6.45, 7) is 2.43. The van der Waals surface area contributed by atoms with Gasteiger partial charge in [-0.3, -0.25) is 0 Å². The Labute approximate surface area is 73.3 Å². The van der Waals surface area contributed by atoms with Crippen molar-refractivity contribution < 1.29 is 8.42 Å². The van der Waals surface area contributed by atoms with Gasteiger partial charge in [-0.25, -0.2) is 4.72 Å². The van der Waals surface area contributed by atoms with Gasteiger partial charge in [-0.2, -0.15) is 12.7 Å². The highest BCUT2D eigenvalue weighted by Gasteiger charge is 2.23. The number of hydrogen-bond donors (Lipinski definition) is 2. The fraction of sp³-hybridized carbons (Fsp3) is 1.00. The summed E-state index contributed by atoms with van der Waals surface area (Å²) in [5.74, 6) is 0.470. The molecule has 1 heterocycles. The molecule has 0 unspecified atom stereocenters. The highest BCUT2D eigenvalue weighted by Crippen LogP contribution is 2.06. The second kappa shape index (κ2) is 3.69. The Morgan fingerprint density at radius 1 is 1.58 bits per heavy atom. The Morgan fingerprint density at radius 2 is 2.17 bits per heavy atom. The van der Waals surface area contributed by atoms with Crippen LogP contribution in [0, 0.1) is 5.92 Å². The summed E-state index contributed by atoms with van der Waals surface area (Å²) in [5.41, 5.74) is 0. The average Bonchev–Trinajstić information content (AvgIpc) is 1.96. The SMILES string of the molecule is CNS(=O)(=O)N(C)CC1CNC1. The van der Waals surface area contributed by atoms with Crippen molar-refractivity contribution in [1.82, 2.24) is 14.3 Å².